The van der Waals surface area contributed by atoms with Crippen LogP contribution in [0.4, 0.5) is 0 Å². The summed E-state index contributed by atoms with van der Waals surface area (Å²) in [7, 11) is 0. The number of imide groups is 1. The molecule has 3 N–H and O–H groups in total. The van der Waals surface area contributed by atoms with Crippen LogP contribution >= 0.6 is 0 Å². The maximum atomic E-state index is 11.5. The summed E-state index contributed by atoms with van der Waals surface area (Å²) in [5.41, 5.74) is 6.04. The van der Waals surface area contributed by atoms with E-state index in [1.807, 2.05) is 0 Å². The molecule has 0 spiro atoms. The summed E-state index contributed by atoms with van der Waals surface area (Å²) in [6.07, 6.45) is 0.708. The number of nitrogens with one attached hydrogen (secondary N) is 1. The van der Waals surface area contributed by atoms with Gasteiger partial charge in [0.25, 0.3) is 11.8 Å². The van der Waals surface area contributed by atoms with Crippen molar-refractivity contribution in [2.24, 2.45) is 5.73 Å². The Morgan fingerprint density at radius 1 is 1.25 bits per heavy atom. The monoisotopic (exact) mass is 220 g/mol. The zero-order valence-electron chi connectivity index (χ0n) is 8.66. The Hall–Kier alpha value is -1.88. The normalized spacial score (nSPS) is 13.6. The maximum Gasteiger partial charge on any atom is 0.262 e. The van der Waals surface area contributed by atoms with Crippen LogP contribution in [0.15, 0.2) is 18.2 Å². The maximum absolute atomic E-state index is 11.5. The fourth-order valence-corrected chi connectivity index (χ4v) is 1.57. The van der Waals surface area contributed by atoms with E-state index in [-0.39, 0.29) is 5.91 Å². The van der Waals surface area contributed by atoms with Crippen LogP contribution in [0.1, 0.15) is 27.1 Å². The number of hydrogen-bond acceptors (Lipinski definition) is 4. The molecule has 0 radical (unpaired) electrons. The largest absolute Gasteiger partial charge is 0.493 e. The Kier molecular flexibility index (Phi) is 2.87. The summed E-state index contributed by atoms with van der Waals surface area (Å²) < 4.78 is 5.41. The molecule has 0 saturated heterocycles. The molecule has 5 heteroatoms. The SMILES string of the molecule is NCCCOc1cccc2c1C(=O)NC2=O. The Labute approximate surface area is 92.6 Å². The highest BCUT2D eigenvalue weighted by atomic mass is 16.5. The number of rotatable bonds is 4. The van der Waals surface area contributed by atoms with Crippen LogP contribution in [0.5, 0.6) is 5.75 Å². The first-order valence-corrected chi connectivity index (χ1v) is 5.05. The van der Waals surface area contributed by atoms with Crippen LogP contribution in [0, 0.1) is 0 Å². The van der Waals surface area contributed by atoms with Gasteiger partial charge in [-0.05, 0) is 25.1 Å². The van der Waals surface area contributed by atoms with Gasteiger partial charge in [-0.25, -0.2) is 0 Å². The summed E-state index contributed by atoms with van der Waals surface area (Å²) in [6.45, 7) is 0.967. The molecule has 1 aromatic carbocycles. The Morgan fingerprint density at radius 2 is 2.06 bits per heavy atom. The van der Waals surface area contributed by atoms with Crippen molar-refractivity contribution in [3.8, 4) is 5.75 Å². The molecule has 1 aliphatic heterocycles. The minimum atomic E-state index is -0.400. The molecule has 0 saturated carbocycles. The Morgan fingerprint density at radius 3 is 2.81 bits per heavy atom. The molecule has 1 heterocycles. The van der Waals surface area contributed by atoms with Crippen molar-refractivity contribution >= 4 is 11.8 Å². The third kappa shape index (κ3) is 1.77. The van der Waals surface area contributed by atoms with Gasteiger partial charge in [-0.2, -0.15) is 0 Å². The highest BCUT2D eigenvalue weighted by Gasteiger charge is 2.29. The molecule has 0 aromatic heterocycles. The first kappa shape index (κ1) is 10.6. The average molecular weight is 220 g/mol. The summed E-state index contributed by atoms with van der Waals surface area (Å²) in [4.78, 5) is 22.8. The Balaban J connectivity index is 2.27. The van der Waals surface area contributed by atoms with Gasteiger partial charge >= 0.3 is 0 Å². The van der Waals surface area contributed by atoms with Crippen molar-refractivity contribution < 1.29 is 14.3 Å². The van der Waals surface area contributed by atoms with Gasteiger partial charge in [0.2, 0.25) is 0 Å². The fourth-order valence-electron chi connectivity index (χ4n) is 1.57. The molecule has 16 heavy (non-hydrogen) atoms. The lowest BCUT2D eigenvalue weighted by molar-refractivity contribution is 0.0878. The standard InChI is InChI=1S/C11H12N2O3/c12-5-2-6-16-8-4-1-3-7-9(8)11(15)13-10(7)14/h1,3-4H,2,5-6,12H2,(H,13,14,15). The van der Waals surface area contributed by atoms with Gasteiger partial charge in [-0.3, -0.25) is 14.9 Å². The van der Waals surface area contributed by atoms with Crippen LogP contribution in [0.3, 0.4) is 0 Å². The highest BCUT2D eigenvalue weighted by molar-refractivity contribution is 6.22. The van der Waals surface area contributed by atoms with Gasteiger partial charge < -0.3 is 10.5 Å². The Bertz CT molecular complexity index is 443. The second-order valence-electron chi connectivity index (χ2n) is 3.45. The highest BCUT2D eigenvalue weighted by Crippen LogP contribution is 2.26. The molecule has 0 atom stereocenters. The molecule has 2 amide bonds. The number of amides is 2. The van der Waals surface area contributed by atoms with E-state index in [1.165, 1.54) is 0 Å². The van der Waals surface area contributed by atoms with Gasteiger partial charge in [0.15, 0.2) is 0 Å². The molecule has 2 rings (SSSR count). The van der Waals surface area contributed by atoms with Gasteiger partial charge in [-0.1, -0.05) is 6.07 Å². The smallest absolute Gasteiger partial charge is 0.262 e. The van der Waals surface area contributed by atoms with Crippen molar-refractivity contribution in [2.45, 2.75) is 6.42 Å². The third-order valence-electron chi connectivity index (χ3n) is 2.33. The lowest BCUT2D eigenvalue weighted by Gasteiger charge is -2.07. The van der Waals surface area contributed by atoms with Crippen LogP contribution in [0.25, 0.3) is 0 Å². The fraction of sp³-hybridized carbons (Fsp3) is 0.273. The summed E-state index contributed by atoms with van der Waals surface area (Å²) >= 11 is 0. The van der Waals surface area contributed by atoms with Crippen molar-refractivity contribution in [3.63, 3.8) is 0 Å². The molecule has 0 bridgehead atoms. The van der Waals surface area contributed by atoms with E-state index < -0.39 is 5.91 Å². The van der Waals surface area contributed by atoms with E-state index >= 15 is 0 Å². The number of ether oxygens (including phenoxy) is 1. The molecule has 5 nitrogen and oxygen atoms in total. The molecule has 0 aliphatic carbocycles. The number of benzene rings is 1. The molecule has 1 aromatic rings. The van der Waals surface area contributed by atoms with Crippen LogP contribution in [-0.4, -0.2) is 25.0 Å². The topological polar surface area (TPSA) is 81.4 Å². The van der Waals surface area contributed by atoms with E-state index in [0.717, 1.165) is 0 Å². The van der Waals surface area contributed by atoms with Gasteiger partial charge in [0.05, 0.1) is 17.7 Å². The average Bonchev–Trinajstić information content (AvgIpc) is 2.56. The first-order chi connectivity index (χ1) is 7.74. The lowest BCUT2D eigenvalue weighted by atomic mass is 10.1. The molecule has 1 aliphatic rings. The van der Waals surface area contributed by atoms with E-state index in [1.54, 1.807) is 18.2 Å². The van der Waals surface area contributed by atoms with Gasteiger partial charge in [0.1, 0.15) is 5.75 Å². The molecule has 0 unspecified atom stereocenters. The van der Waals surface area contributed by atoms with Crippen LogP contribution < -0.4 is 15.8 Å². The number of fused-ring (bicyclic) bond motifs is 1. The summed E-state index contributed by atoms with van der Waals surface area (Å²) in [5.74, 6) is -0.332. The first-order valence-electron chi connectivity index (χ1n) is 5.05. The van der Waals surface area contributed by atoms with Gasteiger partial charge in [-0.15, -0.1) is 0 Å². The lowest BCUT2D eigenvalue weighted by Crippen LogP contribution is -2.20. The van der Waals surface area contributed by atoms with E-state index in [9.17, 15) is 9.59 Å². The molecule has 84 valence electrons. The number of nitrogens with two attached hydrogens (primary N) is 1. The van der Waals surface area contributed by atoms with Crippen LogP contribution in [0.2, 0.25) is 0 Å². The predicted octanol–water partition coefficient (Wildman–Crippen LogP) is 0.298. The summed E-state index contributed by atoms with van der Waals surface area (Å²) in [6, 6.07) is 4.97. The second kappa shape index (κ2) is 4.32. The van der Waals surface area contributed by atoms with E-state index in [2.05, 4.69) is 5.32 Å². The minimum Gasteiger partial charge on any atom is -0.493 e. The van der Waals surface area contributed by atoms with Crippen molar-refractivity contribution in [2.75, 3.05) is 13.2 Å². The number of hydrogen-bond donors (Lipinski definition) is 2. The molecular weight excluding hydrogens is 208 g/mol. The molecular formula is C11H12N2O3. The predicted molar refractivity (Wildman–Crippen MR) is 57.4 cm³/mol. The summed E-state index contributed by atoms with van der Waals surface area (Å²) in [5, 5.41) is 2.23. The van der Waals surface area contributed by atoms with Crippen LogP contribution in [-0.2, 0) is 0 Å². The second-order valence-corrected chi connectivity index (χ2v) is 3.45. The van der Waals surface area contributed by atoms with Gasteiger partial charge in [0, 0.05) is 0 Å². The molecule has 0 fully saturated rings. The van der Waals surface area contributed by atoms with Crippen molar-refractivity contribution in [1.29, 1.82) is 0 Å². The van der Waals surface area contributed by atoms with Crippen molar-refractivity contribution in [3.05, 3.63) is 29.3 Å². The zero-order chi connectivity index (χ0) is 11.5. The number of carbonyl (C=O) groups is 2. The number of carbonyl (C=O) groups excluding carboxylic acids is 2. The van der Waals surface area contributed by atoms with E-state index in [0.29, 0.717) is 36.4 Å². The van der Waals surface area contributed by atoms with E-state index in [4.69, 9.17) is 10.5 Å². The quantitative estimate of drug-likeness (QED) is 0.564. The zero-order valence-corrected chi connectivity index (χ0v) is 8.66. The van der Waals surface area contributed by atoms with Crippen molar-refractivity contribution in [1.82, 2.24) is 5.32 Å². The third-order valence-corrected chi connectivity index (χ3v) is 2.33. The minimum absolute atomic E-state index is 0.324.